The fourth-order valence-corrected chi connectivity index (χ4v) is 3.60. The van der Waals surface area contributed by atoms with Crippen molar-refractivity contribution in [3.8, 4) is 5.75 Å². The highest BCUT2D eigenvalue weighted by atomic mass is 35.5. The van der Waals surface area contributed by atoms with Crippen LogP contribution in [-0.2, 0) is 9.59 Å². The lowest BCUT2D eigenvalue weighted by Gasteiger charge is -2.29. The molecular formula is C19H26ClN3O3. The Morgan fingerprint density at radius 1 is 1.15 bits per heavy atom. The summed E-state index contributed by atoms with van der Waals surface area (Å²) in [6.45, 7) is 4.97. The zero-order valence-corrected chi connectivity index (χ0v) is 15.8. The van der Waals surface area contributed by atoms with Crippen molar-refractivity contribution >= 4 is 29.1 Å². The van der Waals surface area contributed by atoms with Crippen LogP contribution in [0.1, 0.15) is 32.1 Å². The Morgan fingerprint density at radius 2 is 1.96 bits per heavy atom. The number of benzene rings is 1. The van der Waals surface area contributed by atoms with E-state index in [0.717, 1.165) is 13.0 Å². The fraction of sp³-hybridized carbons (Fsp3) is 0.579. The topological polar surface area (TPSA) is 61.9 Å². The molecule has 1 aromatic rings. The van der Waals surface area contributed by atoms with Crippen molar-refractivity contribution in [1.29, 1.82) is 0 Å². The highest BCUT2D eigenvalue weighted by Crippen LogP contribution is 2.34. The van der Waals surface area contributed by atoms with Gasteiger partial charge in [-0.15, -0.1) is 0 Å². The molecule has 1 fully saturated rings. The zero-order chi connectivity index (χ0) is 18.4. The summed E-state index contributed by atoms with van der Waals surface area (Å²) in [4.78, 5) is 28.6. The van der Waals surface area contributed by atoms with Crippen LogP contribution in [0.3, 0.4) is 0 Å². The van der Waals surface area contributed by atoms with Crippen molar-refractivity contribution < 1.29 is 14.3 Å². The summed E-state index contributed by atoms with van der Waals surface area (Å²) in [5, 5.41) is 3.47. The van der Waals surface area contributed by atoms with Gasteiger partial charge in [0, 0.05) is 24.4 Å². The van der Waals surface area contributed by atoms with E-state index in [2.05, 4.69) is 10.2 Å². The number of hydrogen-bond donors (Lipinski definition) is 1. The quantitative estimate of drug-likeness (QED) is 0.739. The third-order valence-corrected chi connectivity index (χ3v) is 5.06. The lowest BCUT2D eigenvalue weighted by atomic mass is 10.2. The Balaban J connectivity index is 1.40. The Kier molecular flexibility index (Phi) is 6.74. The van der Waals surface area contributed by atoms with Crippen molar-refractivity contribution in [2.75, 3.05) is 44.2 Å². The minimum Gasteiger partial charge on any atom is -0.490 e. The number of likely N-dealkylation sites (tertiary alicyclic amines) is 1. The molecule has 0 spiro atoms. The van der Waals surface area contributed by atoms with Crippen LogP contribution in [-0.4, -0.2) is 56.0 Å². The number of ether oxygens (including phenoxy) is 1. The summed E-state index contributed by atoms with van der Waals surface area (Å²) in [5.41, 5.74) is 0.680. The van der Waals surface area contributed by atoms with Gasteiger partial charge in [0.15, 0.2) is 0 Å². The van der Waals surface area contributed by atoms with Crippen LogP contribution in [0.25, 0.3) is 0 Å². The second kappa shape index (κ2) is 9.24. The zero-order valence-electron chi connectivity index (χ0n) is 15.0. The minimum absolute atomic E-state index is 0.0700. The van der Waals surface area contributed by atoms with E-state index in [9.17, 15) is 9.59 Å². The van der Waals surface area contributed by atoms with E-state index in [0.29, 0.717) is 36.2 Å². The van der Waals surface area contributed by atoms with Gasteiger partial charge in [-0.05, 0) is 57.1 Å². The first-order valence-corrected chi connectivity index (χ1v) is 9.73. The first kappa shape index (κ1) is 19.0. The number of anilines is 1. The molecule has 142 valence electrons. The van der Waals surface area contributed by atoms with E-state index >= 15 is 0 Å². The molecular weight excluding hydrogens is 354 g/mol. The normalized spacial score (nSPS) is 16.9. The predicted molar refractivity (Wildman–Crippen MR) is 102 cm³/mol. The van der Waals surface area contributed by atoms with E-state index in [-0.39, 0.29) is 24.7 Å². The molecule has 1 N–H and O–H groups in total. The van der Waals surface area contributed by atoms with Crippen LogP contribution in [0.2, 0.25) is 5.02 Å². The molecule has 1 saturated heterocycles. The number of carbonyl (C=O) groups excluding carboxylic acids is 2. The molecule has 0 radical (unpaired) electrons. The molecule has 0 bridgehead atoms. The molecule has 0 aliphatic carbocycles. The highest BCUT2D eigenvalue weighted by Gasteiger charge is 2.24. The minimum atomic E-state index is -0.0796. The Morgan fingerprint density at radius 3 is 2.77 bits per heavy atom. The average molecular weight is 380 g/mol. The molecule has 0 unspecified atom stereocenters. The monoisotopic (exact) mass is 379 g/mol. The van der Waals surface area contributed by atoms with Crippen LogP contribution in [0.5, 0.6) is 5.75 Å². The van der Waals surface area contributed by atoms with Gasteiger partial charge in [0.2, 0.25) is 11.8 Å². The van der Waals surface area contributed by atoms with Crippen LogP contribution in [0.4, 0.5) is 5.69 Å². The number of nitrogens with one attached hydrogen (secondary N) is 1. The van der Waals surface area contributed by atoms with Gasteiger partial charge in [-0.3, -0.25) is 9.59 Å². The summed E-state index contributed by atoms with van der Waals surface area (Å²) < 4.78 is 5.56. The fourth-order valence-electron chi connectivity index (χ4n) is 3.43. The van der Waals surface area contributed by atoms with Gasteiger partial charge in [-0.1, -0.05) is 11.6 Å². The standard InChI is InChI=1S/C19H26ClN3O3/c20-15-4-5-17-16(14-15)23(12-13-26-17)19(25)7-6-18(24)21-8-3-11-22-9-1-2-10-22/h4-5,14H,1-3,6-13H2,(H,21,24). The largest absolute Gasteiger partial charge is 0.490 e. The molecule has 0 saturated carbocycles. The molecule has 26 heavy (non-hydrogen) atoms. The van der Waals surface area contributed by atoms with Crippen molar-refractivity contribution in [2.45, 2.75) is 32.1 Å². The summed E-state index contributed by atoms with van der Waals surface area (Å²) in [6.07, 6.45) is 3.91. The third kappa shape index (κ3) is 5.11. The van der Waals surface area contributed by atoms with Gasteiger partial charge < -0.3 is 19.9 Å². The summed E-state index contributed by atoms with van der Waals surface area (Å²) in [5.74, 6) is 0.503. The van der Waals surface area contributed by atoms with E-state index < -0.39 is 0 Å². The number of hydrogen-bond acceptors (Lipinski definition) is 4. The molecule has 3 rings (SSSR count). The van der Waals surface area contributed by atoms with Gasteiger partial charge in [0.05, 0.1) is 12.2 Å². The lowest BCUT2D eigenvalue weighted by molar-refractivity contribution is -0.125. The first-order valence-electron chi connectivity index (χ1n) is 9.35. The molecule has 0 aromatic heterocycles. The van der Waals surface area contributed by atoms with Crippen molar-refractivity contribution in [1.82, 2.24) is 10.2 Å². The maximum absolute atomic E-state index is 12.5. The molecule has 0 atom stereocenters. The first-order chi connectivity index (χ1) is 12.6. The average Bonchev–Trinajstić information content (AvgIpc) is 3.16. The summed E-state index contributed by atoms with van der Waals surface area (Å²) >= 11 is 6.03. The summed E-state index contributed by atoms with van der Waals surface area (Å²) in [7, 11) is 0. The van der Waals surface area contributed by atoms with Gasteiger partial charge in [-0.2, -0.15) is 0 Å². The maximum Gasteiger partial charge on any atom is 0.227 e. The van der Waals surface area contributed by atoms with E-state index in [1.54, 1.807) is 23.1 Å². The predicted octanol–water partition coefficient (Wildman–Crippen LogP) is 2.45. The second-order valence-electron chi connectivity index (χ2n) is 6.76. The lowest BCUT2D eigenvalue weighted by Crippen LogP contribution is -2.38. The Labute approximate surface area is 159 Å². The number of carbonyl (C=O) groups is 2. The van der Waals surface area contributed by atoms with Gasteiger partial charge >= 0.3 is 0 Å². The molecule has 1 aromatic carbocycles. The number of amides is 2. The molecule has 2 aliphatic heterocycles. The Bertz CT molecular complexity index is 647. The van der Waals surface area contributed by atoms with Crippen molar-refractivity contribution in [3.63, 3.8) is 0 Å². The number of nitrogens with zero attached hydrogens (tertiary/aromatic N) is 2. The van der Waals surface area contributed by atoms with Gasteiger partial charge in [0.1, 0.15) is 12.4 Å². The van der Waals surface area contributed by atoms with Crippen molar-refractivity contribution in [3.05, 3.63) is 23.2 Å². The van der Waals surface area contributed by atoms with E-state index in [4.69, 9.17) is 16.3 Å². The molecule has 6 nitrogen and oxygen atoms in total. The smallest absolute Gasteiger partial charge is 0.227 e. The molecule has 2 heterocycles. The molecule has 2 amide bonds. The van der Waals surface area contributed by atoms with E-state index in [1.807, 2.05) is 0 Å². The molecule has 7 heteroatoms. The molecule has 2 aliphatic rings. The van der Waals surface area contributed by atoms with Gasteiger partial charge in [-0.25, -0.2) is 0 Å². The highest BCUT2D eigenvalue weighted by molar-refractivity contribution is 6.31. The second-order valence-corrected chi connectivity index (χ2v) is 7.19. The number of halogens is 1. The summed E-state index contributed by atoms with van der Waals surface area (Å²) in [6, 6.07) is 5.24. The van der Waals surface area contributed by atoms with E-state index in [1.165, 1.54) is 25.9 Å². The van der Waals surface area contributed by atoms with Gasteiger partial charge in [0.25, 0.3) is 0 Å². The van der Waals surface area contributed by atoms with Crippen LogP contribution >= 0.6 is 11.6 Å². The van der Waals surface area contributed by atoms with Crippen LogP contribution < -0.4 is 15.0 Å². The van der Waals surface area contributed by atoms with Crippen LogP contribution in [0.15, 0.2) is 18.2 Å². The number of fused-ring (bicyclic) bond motifs is 1. The Hall–Kier alpha value is -1.79. The van der Waals surface area contributed by atoms with Crippen LogP contribution in [0, 0.1) is 0 Å². The number of rotatable bonds is 7. The van der Waals surface area contributed by atoms with Crippen molar-refractivity contribution in [2.24, 2.45) is 0 Å². The maximum atomic E-state index is 12.5. The third-order valence-electron chi connectivity index (χ3n) is 4.82. The SMILES string of the molecule is O=C(CCC(=O)N1CCOc2ccc(Cl)cc21)NCCCN1CCCC1.